The second kappa shape index (κ2) is 8.30. The van der Waals surface area contributed by atoms with Crippen LogP contribution in [0.2, 0.25) is 0 Å². The number of fused-ring (bicyclic) bond motifs is 3. The molecule has 0 aliphatic rings. The molecule has 0 fully saturated rings. The number of amides is 1. The van der Waals surface area contributed by atoms with Gasteiger partial charge in [-0.25, -0.2) is 0 Å². The van der Waals surface area contributed by atoms with Crippen LogP contribution in [0, 0.1) is 13.8 Å². The lowest BCUT2D eigenvalue weighted by Gasteiger charge is -2.10. The first-order valence-electron chi connectivity index (χ1n) is 11.2. The molecule has 170 valence electrons. The van der Waals surface area contributed by atoms with E-state index in [2.05, 4.69) is 27.9 Å². The molecule has 1 amide bonds. The van der Waals surface area contributed by atoms with Gasteiger partial charge in [-0.15, -0.1) is 0 Å². The van der Waals surface area contributed by atoms with Crippen LogP contribution < -0.4 is 5.73 Å². The third kappa shape index (κ3) is 3.67. The van der Waals surface area contributed by atoms with Crippen LogP contribution in [0.3, 0.4) is 0 Å². The average Bonchev–Trinajstić information content (AvgIpc) is 3.29. The minimum absolute atomic E-state index is 0.0863. The van der Waals surface area contributed by atoms with Gasteiger partial charge in [0, 0.05) is 40.4 Å². The Morgan fingerprint density at radius 3 is 2.38 bits per heavy atom. The van der Waals surface area contributed by atoms with E-state index in [1.165, 1.54) is 0 Å². The molecule has 0 spiro atoms. The van der Waals surface area contributed by atoms with Crippen molar-refractivity contribution in [2.75, 3.05) is 0 Å². The van der Waals surface area contributed by atoms with Crippen molar-refractivity contribution in [2.24, 2.45) is 5.73 Å². The normalized spacial score (nSPS) is 11.4. The average molecular weight is 452 g/mol. The Kier molecular flexibility index (Phi) is 5.28. The largest absolute Gasteiger partial charge is 0.366 e. The molecule has 3 aromatic carbocycles. The van der Waals surface area contributed by atoms with E-state index in [9.17, 15) is 9.59 Å². The summed E-state index contributed by atoms with van der Waals surface area (Å²) < 4.78 is 7.59. The monoisotopic (exact) mass is 451 g/mol. The molecule has 34 heavy (non-hydrogen) atoms. The summed E-state index contributed by atoms with van der Waals surface area (Å²) in [6, 6.07) is 20.1. The Morgan fingerprint density at radius 1 is 0.971 bits per heavy atom. The number of ketones is 1. The Bertz CT molecular complexity index is 1560. The number of Topliss-reactive ketones (excluding diaryl/α,β-unsaturated/α-hetero) is 1. The van der Waals surface area contributed by atoms with Gasteiger partial charge in [-0.1, -0.05) is 41.6 Å². The lowest BCUT2D eigenvalue weighted by Crippen LogP contribution is -2.12. The van der Waals surface area contributed by atoms with Crippen LogP contribution in [-0.2, 0) is 17.8 Å². The predicted octanol–water partition coefficient (Wildman–Crippen LogP) is 5.35. The first-order valence-corrected chi connectivity index (χ1v) is 11.2. The van der Waals surface area contributed by atoms with Crippen LogP contribution in [0.1, 0.15) is 39.9 Å². The number of nitrogens with zero attached hydrogens (tertiary/aromatic N) is 2. The number of aromatic nitrogens is 2. The first-order chi connectivity index (χ1) is 16.3. The van der Waals surface area contributed by atoms with Gasteiger partial charge >= 0.3 is 0 Å². The fourth-order valence-electron chi connectivity index (χ4n) is 4.84. The maximum atomic E-state index is 12.7. The molecular formula is C28H25N3O3. The van der Waals surface area contributed by atoms with Crippen LogP contribution in [0.25, 0.3) is 32.9 Å². The van der Waals surface area contributed by atoms with Crippen molar-refractivity contribution in [3.63, 3.8) is 0 Å². The van der Waals surface area contributed by atoms with E-state index >= 15 is 0 Å². The number of rotatable bonds is 6. The zero-order chi connectivity index (χ0) is 24.0. The molecule has 6 nitrogen and oxygen atoms in total. The molecule has 0 aliphatic heterocycles. The predicted molar refractivity (Wildman–Crippen MR) is 133 cm³/mol. The van der Waals surface area contributed by atoms with Gasteiger partial charge in [0.25, 0.3) is 0 Å². The van der Waals surface area contributed by atoms with Crippen molar-refractivity contribution in [1.29, 1.82) is 0 Å². The van der Waals surface area contributed by atoms with Crippen molar-refractivity contribution in [1.82, 2.24) is 9.72 Å². The molecule has 5 rings (SSSR count). The Balaban J connectivity index is 1.87. The molecule has 0 bridgehead atoms. The first kappa shape index (κ1) is 21.6. The van der Waals surface area contributed by atoms with E-state index in [-0.39, 0.29) is 5.78 Å². The van der Waals surface area contributed by atoms with Gasteiger partial charge < -0.3 is 14.8 Å². The maximum Gasteiger partial charge on any atom is 0.249 e. The molecule has 0 radical (unpaired) electrons. The van der Waals surface area contributed by atoms with E-state index in [1.54, 1.807) is 6.92 Å². The van der Waals surface area contributed by atoms with Crippen LogP contribution >= 0.6 is 0 Å². The highest BCUT2D eigenvalue weighted by molar-refractivity contribution is 6.19. The van der Waals surface area contributed by atoms with Crippen LogP contribution in [-0.4, -0.2) is 21.4 Å². The summed E-state index contributed by atoms with van der Waals surface area (Å²) >= 11 is 0. The maximum absolute atomic E-state index is 12.7. The standard InChI is InChI=1S/C28H25N3O3/c1-16(32)11-20-9-10-24-22(12-20)27-23(28(29)33)13-21(26-17(2)30-34-18(26)3)14-25(27)31(24)15-19-7-5-4-6-8-19/h4-10,12-14H,11,15H2,1-3H3,(H2,29,33). The van der Waals surface area contributed by atoms with E-state index in [1.807, 2.05) is 56.3 Å². The Hall–Kier alpha value is -4.19. The SMILES string of the molecule is CC(=O)Cc1ccc2c(c1)c1c(C(N)=O)cc(-c3c(C)noc3C)cc1n2Cc1ccccc1. The number of aryl methyl sites for hydroxylation is 2. The molecule has 2 aromatic heterocycles. The second-order valence-electron chi connectivity index (χ2n) is 8.78. The molecule has 2 heterocycles. The number of hydrogen-bond donors (Lipinski definition) is 1. The van der Waals surface area contributed by atoms with Crippen molar-refractivity contribution in [3.05, 3.63) is 88.8 Å². The van der Waals surface area contributed by atoms with Gasteiger partial charge in [0.05, 0.1) is 11.2 Å². The quantitative estimate of drug-likeness (QED) is 0.377. The smallest absolute Gasteiger partial charge is 0.249 e. The van der Waals surface area contributed by atoms with Gasteiger partial charge in [-0.3, -0.25) is 9.59 Å². The van der Waals surface area contributed by atoms with E-state index < -0.39 is 5.91 Å². The molecule has 0 saturated heterocycles. The zero-order valence-corrected chi connectivity index (χ0v) is 19.4. The van der Waals surface area contributed by atoms with Crippen LogP contribution in [0.15, 0.2) is 65.2 Å². The summed E-state index contributed by atoms with van der Waals surface area (Å²) in [5.41, 5.74) is 12.7. The molecule has 2 N–H and O–H groups in total. The lowest BCUT2D eigenvalue weighted by molar-refractivity contribution is -0.116. The number of carbonyl (C=O) groups is 2. The third-order valence-electron chi connectivity index (χ3n) is 6.25. The van der Waals surface area contributed by atoms with E-state index in [4.69, 9.17) is 10.3 Å². The van der Waals surface area contributed by atoms with Gasteiger partial charge in [0.15, 0.2) is 0 Å². The molecule has 0 aliphatic carbocycles. The van der Waals surface area contributed by atoms with Crippen molar-refractivity contribution in [3.8, 4) is 11.1 Å². The van der Waals surface area contributed by atoms with Gasteiger partial charge in [0.1, 0.15) is 11.5 Å². The fraction of sp³-hybridized carbons (Fsp3) is 0.179. The zero-order valence-electron chi connectivity index (χ0n) is 19.4. The van der Waals surface area contributed by atoms with Gasteiger partial charge in [-0.2, -0.15) is 0 Å². The van der Waals surface area contributed by atoms with E-state index in [0.29, 0.717) is 24.3 Å². The number of nitrogens with two attached hydrogens (primary N) is 1. The van der Waals surface area contributed by atoms with Crippen LogP contribution in [0.4, 0.5) is 0 Å². The highest BCUT2D eigenvalue weighted by Crippen LogP contribution is 2.38. The summed E-state index contributed by atoms with van der Waals surface area (Å²) in [6.07, 6.45) is 0.338. The summed E-state index contributed by atoms with van der Waals surface area (Å²) in [6.45, 7) is 5.94. The highest BCUT2D eigenvalue weighted by atomic mass is 16.5. The summed E-state index contributed by atoms with van der Waals surface area (Å²) in [7, 11) is 0. The van der Waals surface area contributed by atoms with E-state index in [0.717, 1.165) is 49.8 Å². The molecule has 5 aromatic rings. The number of hydrogen-bond acceptors (Lipinski definition) is 4. The lowest BCUT2D eigenvalue weighted by atomic mass is 9.96. The summed E-state index contributed by atoms with van der Waals surface area (Å²) in [5, 5.41) is 5.79. The highest BCUT2D eigenvalue weighted by Gasteiger charge is 2.21. The number of benzene rings is 3. The molecule has 0 unspecified atom stereocenters. The summed E-state index contributed by atoms with van der Waals surface area (Å²) in [4.78, 5) is 24.5. The van der Waals surface area contributed by atoms with Crippen molar-refractivity contribution < 1.29 is 14.1 Å². The molecule has 0 atom stereocenters. The van der Waals surface area contributed by atoms with Gasteiger partial charge in [0.2, 0.25) is 5.91 Å². The molecule has 6 heteroatoms. The third-order valence-corrected chi connectivity index (χ3v) is 6.25. The minimum Gasteiger partial charge on any atom is -0.366 e. The van der Waals surface area contributed by atoms with Gasteiger partial charge in [-0.05, 0) is 61.7 Å². The van der Waals surface area contributed by atoms with Crippen molar-refractivity contribution in [2.45, 2.75) is 33.7 Å². The number of primary amides is 1. The summed E-state index contributed by atoms with van der Waals surface area (Å²) in [5.74, 6) is 0.263. The minimum atomic E-state index is -0.505. The number of carbonyl (C=O) groups excluding carboxylic acids is 2. The molecule has 0 saturated carbocycles. The topological polar surface area (TPSA) is 91.1 Å². The Labute approximate surface area is 197 Å². The second-order valence-corrected chi connectivity index (χ2v) is 8.78. The Morgan fingerprint density at radius 2 is 1.74 bits per heavy atom. The fourth-order valence-corrected chi connectivity index (χ4v) is 4.84. The van der Waals surface area contributed by atoms with Crippen LogP contribution in [0.5, 0.6) is 0 Å². The van der Waals surface area contributed by atoms with Crippen molar-refractivity contribution >= 4 is 33.5 Å². The molecular weight excluding hydrogens is 426 g/mol.